The Morgan fingerprint density at radius 1 is 1.41 bits per heavy atom. The van der Waals surface area contributed by atoms with Crippen molar-refractivity contribution in [1.29, 1.82) is 0 Å². The largest absolute Gasteiger partial charge is 0.379 e. The molecule has 1 aromatic heterocycles. The monoisotopic (exact) mass is 303 g/mol. The Bertz CT molecular complexity index is 584. The fourth-order valence-electron chi connectivity index (χ4n) is 1.90. The van der Waals surface area contributed by atoms with Gasteiger partial charge in [-0.15, -0.1) is 0 Å². The number of nitrogens with one attached hydrogen (secondary N) is 1. The lowest BCUT2D eigenvalue weighted by Gasteiger charge is -2.14. The quantitative estimate of drug-likeness (QED) is 0.760. The van der Waals surface area contributed by atoms with Gasteiger partial charge in [0, 0.05) is 30.4 Å². The first-order valence-corrected chi connectivity index (χ1v) is 7.29. The third kappa shape index (κ3) is 4.68. The molecule has 0 aliphatic heterocycles. The molecule has 0 bridgehead atoms. The molecule has 6 nitrogen and oxygen atoms in total. The van der Waals surface area contributed by atoms with Crippen LogP contribution in [0.3, 0.4) is 0 Å². The van der Waals surface area contributed by atoms with Gasteiger partial charge < -0.3 is 19.4 Å². The number of imidazole rings is 1. The fraction of sp³-hybridized carbons (Fsp3) is 0.375. The Morgan fingerprint density at radius 3 is 3.00 bits per heavy atom. The van der Waals surface area contributed by atoms with Gasteiger partial charge in [-0.2, -0.15) is 0 Å². The number of hydrogen-bond donors (Lipinski definition) is 1. The maximum absolute atomic E-state index is 12.1. The number of amides is 1. The molecule has 1 aromatic carbocycles. The van der Waals surface area contributed by atoms with Crippen molar-refractivity contribution >= 4 is 11.6 Å². The molecular formula is C16H21N3O3. The van der Waals surface area contributed by atoms with Crippen LogP contribution >= 0.6 is 0 Å². The number of hydrogen-bond acceptors (Lipinski definition) is 4. The molecule has 0 saturated heterocycles. The minimum atomic E-state index is -0.530. The van der Waals surface area contributed by atoms with E-state index < -0.39 is 6.10 Å². The first kappa shape index (κ1) is 16.2. The third-order valence-corrected chi connectivity index (χ3v) is 3.09. The first-order valence-electron chi connectivity index (χ1n) is 7.29. The standard InChI is InChI=1S/C16H21N3O3/c1-3-21-9-10-22-13(2)16(20)18-14-5-4-6-15(11-14)19-8-7-17-12-19/h4-8,11-13H,3,9-10H2,1-2H3,(H,18,20). The molecule has 0 aliphatic carbocycles. The van der Waals surface area contributed by atoms with Crippen molar-refractivity contribution in [1.82, 2.24) is 9.55 Å². The predicted molar refractivity (Wildman–Crippen MR) is 84.1 cm³/mol. The fourth-order valence-corrected chi connectivity index (χ4v) is 1.90. The molecule has 0 radical (unpaired) electrons. The van der Waals surface area contributed by atoms with Crippen LogP contribution in [0, 0.1) is 0 Å². The number of anilines is 1. The van der Waals surface area contributed by atoms with Crippen molar-refractivity contribution in [2.45, 2.75) is 20.0 Å². The Kier molecular flexibility index (Phi) is 6.12. The molecule has 2 rings (SSSR count). The van der Waals surface area contributed by atoms with Gasteiger partial charge in [-0.1, -0.05) is 6.07 Å². The summed E-state index contributed by atoms with van der Waals surface area (Å²) in [4.78, 5) is 16.1. The number of aromatic nitrogens is 2. The van der Waals surface area contributed by atoms with Gasteiger partial charge >= 0.3 is 0 Å². The lowest BCUT2D eigenvalue weighted by Crippen LogP contribution is -2.28. The Balaban J connectivity index is 1.90. The molecule has 1 unspecified atom stereocenters. The van der Waals surface area contributed by atoms with Crippen LogP contribution in [0.4, 0.5) is 5.69 Å². The predicted octanol–water partition coefficient (Wildman–Crippen LogP) is 2.25. The second-order valence-electron chi connectivity index (χ2n) is 4.72. The van der Waals surface area contributed by atoms with Crippen LogP contribution < -0.4 is 5.32 Å². The number of carbonyl (C=O) groups excluding carboxylic acids is 1. The molecule has 0 spiro atoms. The van der Waals surface area contributed by atoms with Crippen molar-refractivity contribution < 1.29 is 14.3 Å². The smallest absolute Gasteiger partial charge is 0.253 e. The molecule has 1 N–H and O–H groups in total. The zero-order chi connectivity index (χ0) is 15.8. The van der Waals surface area contributed by atoms with Crippen LogP contribution in [0.1, 0.15) is 13.8 Å². The average molecular weight is 303 g/mol. The molecule has 118 valence electrons. The van der Waals surface area contributed by atoms with Crippen molar-refractivity contribution in [2.24, 2.45) is 0 Å². The second kappa shape index (κ2) is 8.31. The molecule has 2 aromatic rings. The minimum absolute atomic E-state index is 0.181. The van der Waals surface area contributed by atoms with Crippen molar-refractivity contribution in [3.05, 3.63) is 43.0 Å². The van der Waals surface area contributed by atoms with E-state index in [4.69, 9.17) is 9.47 Å². The number of rotatable bonds is 8. The number of carbonyl (C=O) groups is 1. The summed E-state index contributed by atoms with van der Waals surface area (Å²) in [5.41, 5.74) is 1.65. The van der Waals surface area contributed by atoms with Gasteiger partial charge in [0.2, 0.25) is 0 Å². The molecule has 0 saturated carbocycles. The topological polar surface area (TPSA) is 65.4 Å². The van der Waals surface area contributed by atoms with Gasteiger partial charge in [-0.25, -0.2) is 4.98 Å². The normalized spacial score (nSPS) is 12.1. The maximum atomic E-state index is 12.1. The highest BCUT2D eigenvalue weighted by Gasteiger charge is 2.13. The minimum Gasteiger partial charge on any atom is -0.379 e. The van der Waals surface area contributed by atoms with Crippen molar-refractivity contribution in [3.63, 3.8) is 0 Å². The summed E-state index contributed by atoms with van der Waals surface area (Å²) in [6, 6.07) is 7.54. The van der Waals surface area contributed by atoms with E-state index in [9.17, 15) is 4.79 Å². The van der Waals surface area contributed by atoms with Crippen molar-refractivity contribution in [2.75, 3.05) is 25.1 Å². The van der Waals surface area contributed by atoms with E-state index >= 15 is 0 Å². The molecular weight excluding hydrogens is 282 g/mol. The van der Waals surface area contributed by atoms with Gasteiger partial charge in [0.1, 0.15) is 6.10 Å². The SMILES string of the molecule is CCOCCOC(C)C(=O)Nc1cccc(-n2ccnc2)c1. The molecule has 0 fully saturated rings. The van der Waals surface area contributed by atoms with Gasteiger partial charge in [0.25, 0.3) is 5.91 Å². The summed E-state index contributed by atoms with van der Waals surface area (Å²) in [6.07, 6.45) is 4.73. The summed E-state index contributed by atoms with van der Waals surface area (Å²) in [7, 11) is 0. The molecule has 6 heteroatoms. The zero-order valence-electron chi connectivity index (χ0n) is 12.9. The summed E-state index contributed by atoms with van der Waals surface area (Å²) in [6.45, 7) is 5.18. The van der Waals surface area contributed by atoms with Gasteiger partial charge in [0.05, 0.1) is 19.5 Å². The van der Waals surface area contributed by atoms with Crippen LogP contribution in [-0.4, -0.2) is 41.4 Å². The van der Waals surface area contributed by atoms with Crippen LogP contribution in [0.5, 0.6) is 0 Å². The summed E-state index contributed by atoms with van der Waals surface area (Å²) in [5.74, 6) is -0.181. The summed E-state index contributed by atoms with van der Waals surface area (Å²) in [5, 5.41) is 2.85. The lowest BCUT2D eigenvalue weighted by atomic mass is 10.2. The number of nitrogens with zero attached hydrogens (tertiary/aromatic N) is 2. The van der Waals surface area contributed by atoms with E-state index in [0.29, 0.717) is 19.8 Å². The molecule has 1 atom stereocenters. The number of benzene rings is 1. The van der Waals surface area contributed by atoms with E-state index in [1.54, 1.807) is 19.4 Å². The van der Waals surface area contributed by atoms with E-state index in [1.165, 1.54) is 0 Å². The highest BCUT2D eigenvalue weighted by Crippen LogP contribution is 2.14. The average Bonchev–Trinajstić information content (AvgIpc) is 3.06. The highest BCUT2D eigenvalue weighted by atomic mass is 16.5. The van der Waals surface area contributed by atoms with E-state index in [0.717, 1.165) is 11.4 Å². The van der Waals surface area contributed by atoms with Gasteiger partial charge in [0.15, 0.2) is 0 Å². The van der Waals surface area contributed by atoms with Crippen LogP contribution in [0.15, 0.2) is 43.0 Å². The first-order chi connectivity index (χ1) is 10.7. The molecule has 22 heavy (non-hydrogen) atoms. The molecule has 1 heterocycles. The van der Waals surface area contributed by atoms with E-state index in [-0.39, 0.29) is 5.91 Å². The molecule has 1 amide bonds. The van der Waals surface area contributed by atoms with E-state index in [2.05, 4.69) is 10.3 Å². The van der Waals surface area contributed by atoms with Gasteiger partial charge in [-0.3, -0.25) is 4.79 Å². The maximum Gasteiger partial charge on any atom is 0.253 e. The number of ether oxygens (including phenoxy) is 2. The second-order valence-corrected chi connectivity index (χ2v) is 4.72. The van der Waals surface area contributed by atoms with Crippen LogP contribution in [0.2, 0.25) is 0 Å². The van der Waals surface area contributed by atoms with Gasteiger partial charge in [-0.05, 0) is 32.0 Å². The zero-order valence-corrected chi connectivity index (χ0v) is 12.9. The van der Waals surface area contributed by atoms with Crippen molar-refractivity contribution in [3.8, 4) is 5.69 Å². The summed E-state index contributed by atoms with van der Waals surface area (Å²) >= 11 is 0. The Morgan fingerprint density at radius 2 is 2.27 bits per heavy atom. The van der Waals surface area contributed by atoms with Crippen LogP contribution in [-0.2, 0) is 14.3 Å². The Hall–Kier alpha value is -2.18. The van der Waals surface area contributed by atoms with Crippen LogP contribution in [0.25, 0.3) is 5.69 Å². The Labute approximate surface area is 130 Å². The third-order valence-electron chi connectivity index (χ3n) is 3.09. The summed E-state index contributed by atoms with van der Waals surface area (Å²) < 4.78 is 12.5. The lowest BCUT2D eigenvalue weighted by molar-refractivity contribution is -0.127. The van der Waals surface area contributed by atoms with E-state index in [1.807, 2.05) is 42.0 Å². The molecule has 0 aliphatic rings. The highest BCUT2D eigenvalue weighted by molar-refractivity contribution is 5.94.